The Bertz CT molecular complexity index is 1540. The zero-order valence-corrected chi connectivity index (χ0v) is 20.6. The molecule has 5 rings (SSSR count). The quantitative estimate of drug-likeness (QED) is 0.352. The van der Waals surface area contributed by atoms with Gasteiger partial charge in [0.15, 0.2) is 0 Å². The Morgan fingerprint density at radius 2 is 1.77 bits per heavy atom. The minimum absolute atomic E-state index is 0.209. The summed E-state index contributed by atoms with van der Waals surface area (Å²) in [5.41, 5.74) is 5.66. The van der Waals surface area contributed by atoms with Crippen LogP contribution in [0.25, 0.3) is 16.5 Å². The van der Waals surface area contributed by atoms with Gasteiger partial charge in [0, 0.05) is 41.8 Å². The van der Waals surface area contributed by atoms with Gasteiger partial charge in [-0.1, -0.05) is 48.5 Å². The third-order valence-corrected chi connectivity index (χ3v) is 8.55. The molecular formula is C28H27FN2O3S. The lowest BCUT2D eigenvalue weighted by Crippen LogP contribution is -2.35. The van der Waals surface area contributed by atoms with Gasteiger partial charge in [0.05, 0.1) is 7.11 Å². The second-order valence-electron chi connectivity index (χ2n) is 8.69. The molecule has 0 atom stereocenters. The predicted molar refractivity (Wildman–Crippen MR) is 137 cm³/mol. The summed E-state index contributed by atoms with van der Waals surface area (Å²) in [6.45, 7) is 3.32. The molecule has 0 unspecified atom stereocenters. The maximum absolute atomic E-state index is 14.2. The maximum Gasteiger partial charge on any atom is 0.246 e. The molecule has 0 fully saturated rings. The van der Waals surface area contributed by atoms with Gasteiger partial charge in [-0.2, -0.15) is 4.31 Å². The molecule has 4 aromatic rings. The van der Waals surface area contributed by atoms with Gasteiger partial charge in [-0.15, -0.1) is 0 Å². The summed E-state index contributed by atoms with van der Waals surface area (Å²) in [6, 6.07) is 21.9. The first-order valence-electron chi connectivity index (χ1n) is 11.5. The fraction of sp³-hybridized carbons (Fsp3) is 0.214. The summed E-state index contributed by atoms with van der Waals surface area (Å²) in [5.74, 6) is 0.0988. The number of para-hydroxylation sites is 1. The van der Waals surface area contributed by atoms with Crippen molar-refractivity contribution < 1.29 is 17.5 Å². The van der Waals surface area contributed by atoms with E-state index in [-0.39, 0.29) is 11.4 Å². The zero-order valence-electron chi connectivity index (χ0n) is 19.7. The van der Waals surface area contributed by atoms with Gasteiger partial charge in [-0.25, -0.2) is 12.8 Å². The first kappa shape index (κ1) is 23.3. The average molecular weight is 491 g/mol. The standard InChI is InChI=1S/C28H27FN2O3S/c1-20-28(22-14-16-30(17-15-22)35(32,33)27-13-6-4-11-25(27)29)24-10-3-5-12-26(24)31(20)19-21-8-7-9-23(18-21)34-2/h3-14,18H,15-17,19H2,1-2H3. The number of hydrogen-bond acceptors (Lipinski definition) is 3. The minimum atomic E-state index is -3.90. The smallest absolute Gasteiger partial charge is 0.246 e. The number of ether oxygens (including phenoxy) is 1. The van der Waals surface area contributed by atoms with E-state index in [1.165, 1.54) is 22.5 Å². The third-order valence-electron chi connectivity index (χ3n) is 6.65. The summed E-state index contributed by atoms with van der Waals surface area (Å²) in [6.07, 6.45) is 2.52. The van der Waals surface area contributed by atoms with Gasteiger partial charge in [0.2, 0.25) is 10.0 Å². The van der Waals surface area contributed by atoms with Crippen molar-refractivity contribution in [3.8, 4) is 5.75 Å². The number of methoxy groups -OCH3 is 1. The predicted octanol–water partition coefficient (Wildman–Crippen LogP) is 5.62. The van der Waals surface area contributed by atoms with Gasteiger partial charge < -0.3 is 9.30 Å². The molecular weight excluding hydrogens is 463 g/mol. The topological polar surface area (TPSA) is 51.5 Å². The van der Waals surface area contributed by atoms with Crippen LogP contribution in [-0.4, -0.2) is 37.5 Å². The lowest BCUT2D eigenvalue weighted by Gasteiger charge is -2.26. The Labute approximate surface area is 205 Å². The Hall–Kier alpha value is -3.42. The minimum Gasteiger partial charge on any atom is -0.497 e. The first-order chi connectivity index (χ1) is 16.9. The highest BCUT2D eigenvalue weighted by Crippen LogP contribution is 2.36. The number of fused-ring (bicyclic) bond motifs is 1. The number of benzene rings is 3. The molecule has 0 bridgehead atoms. The van der Waals surface area contributed by atoms with Crippen molar-refractivity contribution in [2.24, 2.45) is 0 Å². The number of sulfonamides is 1. The van der Waals surface area contributed by atoms with Crippen molar-refractivity contribution in [1.82, 2.24) is 8.87 Å². The highest BCUT2D eigenvalue weighted by Gasteiger charge is 2.29. The summed E-state index contributed by atoms with van der Waals surface area (Å²) in [4.78, 5) is -0.275. The number of aromatic nitrogens is 1. The monoisotopic (exact) mass is 490 g/mol. The lowest BCUT2D eigenvalue weighted by molar-refractivity contribution is 0.414. The molecule has 0 saturated heterocycles. The van der Waals surface area contributed by atoms with Crippen LogP contribution in [0.2, 0.25) is 0 Å². The SMILES string of the molecule is COc1cccc(Cn2c(C)c(C3=CCN(S(=O)(=O)c4ccccc4F)CC3)c3ccccc32)c1. The molecule has 0 N–H and O–H groups in total. The highest BCUT2D eigenvalue weighted by molar-refractivity contribution is 7.89. The van der Waals surface area contributed by atoms with Crippen molar-refractivity contribution >= 4 is 26.5 Å². The van der Waals surface area contributed by atoms with E-state index in [4.69, 9.17) is 4.74 Å². The Morgan fingerprint density at radius 3 is 2.51 bits per heavy atom. The molecule has 7 heteroatoms. The van der Waals surface area contributed by atoms with Gasteiger partial charge in [-0.05, 0) is 54.8 Å². The number of halogens is 1. The van der Waals surface area contributed by atoms with Crippen LogP contribution in [0, 0.1) is 12.7 Å². The van der Waals surface area contributed by atoms with Crippen LogP contribution >= 0.6 is 0 Å². The van der Waals surface area contributed by atoms with Gasteiger partial charge >= 0.3 is 0 Å². The molecule has 1 aliphatic heterocycles. The van der Waals surface area contributed by atoms with Crippen molar-refractivity contribution in [1.29, 1.82) is 0 Å². The molecule has 3 aromatic carbocycles. The van der Waals surface area contributed by atoms with Crippen LogP contribution in [0.1, 0.15) is 23.2 Å². The fourth-order valence-corrected chi connectivity index (χ4v) is 6.33. The molecule has 5 nitrogen and oxygen atoms in total. The van der Waals surface area contributed by atoms with Gasteiger partial charge in [0.1, 0.15) is 16.5 Å². The van der Waals surface area contributed by atoms with E-state index in [0.29, 0.717) is 19.5 Å². The van der Waals surface area contributed by atoms with E-state index in [1.807, 2.05) is 36.4 Å². The van der Waals surface area contributed by atoms with E-state index in [1.54, 1.807) is 13.2 Å². The molecule has 1 aromatic heterocycles. The summed E-state index contributed by atoms with van der Waals surface area (Å²) in [7, 11) is -2.23. The molecule has 0 aliphatic carbocycles. The first-order valence-corrected chi connectivity index (χ1v) is 13.0. The zero-order chi connectivity index (χ0) is 24.6. The van der Waals surface area contributed by atoms with Crippen LogP contribution in [0.4, 0.5) is 4.39 Å². The molecule has 35 heavy (non-hydrogen) atoms. The van der Waals surface area contributed by atoms with E-state index in [2.05, 4.69) is 29.7 Å². The average Bonchev–Trinajstić information content (AvgIpc) is 3.15. The molecule has 0 amide bonds. The number of rotatable bonds is 6. The van der Waals surface area contributed by atoms with Crippen LogP contribution in [0.15, 0.2) is 83.8 Å². The van der Waals surface area contributed by atoms with E-state index < -0.39 is 15.8 Å². The van der Waals surface area contributed by atoms with Crippen molar-refractivity contribution in [3.63, 3.8) is 0 Å². The van der Waals surface area contributed by atoms with Gasteiger partial charge in [0.25, 0.3) is 0 Å². The highest BCUT2D eigenvalue weighted by atomic mass is 32.2. The van der Waals surface area contributed by atoms with Gasteiger partial charge in [-0.3, -0.25) is 0 Å². The van der Waals surface area contributed by atoms with E-state index in [9.17, 15) is 12.8 Å². The van der Waals surface area contributed by atoms with Crippen LogP contribution in [0.5, 0.6) is 5.75 Å². The summed E-state index contributed by atoms with van der Waals surface area (Å²) in [5, 5.41) is 1.14. The molecule has 0 radical (unpaired) electrons. The number of hydrogen-bond donors (Lipinski definition) is 0. The second kappa shape index (κ2) is 9.32. The third kappa shape index (κ3) is 4.26. The van der Waals surface area contributed by atoms with Crippen LogP contribution in [0.3, 0.4) is 0 Å². The lowest BCUT2D eigenvalue weighted by atomic mass is 9.97. The van der Waals surface area contributed by atoms with Crippen molar-refractivity contribution in [3.05, 3.63) is 102 Å². The summed E-state index contributed by atoms with van der Waals surface area (Å²) >= 11 is 0. The second-order valence-corrected chi connectivity index (χ2v) is 10.6. The Morgan fingerprint density at radius 1 is 1.00 bits per heavy atom. The molecule has 2 heterocycles. The molecule has 180 valence electrons. The molecule has 1 aliphatic rings. The normalized spacial score (nSPS) is 14.8. The summed E-state index contributed by atoms with van der Waals surface area (Å²) < 4.78 is 49.3. The van der Waals surface area contributed by atoms with E-state index in [0.717, 1.165) is 39.0 Å². The molecule has 0 saturated carbocycles. The maximum atomic E-state index is 14.2. The number of nitrogens with zero attached hydrogens (tertiary/aromatic N) is 2. The molecule has 0 spiro atoms. The van der Waals surface area contributed by atoms with Crippen LogP contribution in [-0.2, 0) is 16.6 Å². The van der Waals surface area contributed by atoms with Crippen molar-refractivity contribution in [2.45, 2.75) is 24.8 Å². The fourth-order valence-electron chi connectivity index (χ4n) is 4.88. The van der Waals surface area contributed by atoms with Crippen LogP contribution < -0.4 is 4.74 Å². The Balaban J connectivity index is 1.50. The van der Waals surface area contributed by atoms with E-state index >= 15 is 0 Å². The largest absolute Gasteiger partial charge is 0.497 e. The van der Waals surface area contributed by atoms with Crippen molar-refractivity contribution in [2.75, 3.05) is 20.2 Å². The Kier molecular flexibility index (Phi) is 6.21.